The van der Waals surface area contributed by atoms with E-state index in [9.17, 15) is 0 Å². The second-order valence-corrected chi connectivity index (χ2v) is 5.76. The highest BCUT2D eigenvalue weighted by atomic mass is 16.3. The number of aromatic nitrogens is 2. The normalized spacial score (nSPS) is 12.5. The molecule has 1 rings (SSSR count). The van der Waals surface area contributed by atoms with Crippen molar-refractivity contribution in [1.29, 1.82) is 0 Å². The average Bonchev–Trinajstić information content (AvgIpc) is 3.12. The van der Waals surface area contributed by atoms with Crippen LogP contribution in [0.4, 0.5) is 0 Å². The number of unbranched alkanes of at least 4 members (excludes halogenated alkanes) is 1. The van der Waals surface area contributed by atoms with Crippen molar-refractivity contribution in [3.05, 3.63) is 18.7 Å². The fourth-order valence-corrected chi connectivity index (χ4v) is 1.71. The van der Waals surface area contributed by atoms with Gasteiger partial charge in [-0.2, -0.15) is 0 Å². The number of rotatable bonds is 10. The molecule has 1 heterocycles. The number of imidazole rings is 1. The van der Waals surface area contributed by atoms with Gasteiger partial charge in [-0.15, -0.1) is 0 Å². The number of hydrogen-bond donors (Lipinski definition) is 5. The molecule has 8 N–H and O–H groups in total. The van der Waals surface area contributed by atoms with E-state index >= 15 is 0 Å². The zero-order valence-electron chi connectivity index (χ0n) is 15.5. The molecule has 0 saturated heterocycles. The molecule has 7 nitrogen and oxygen atoms in total. The van der Waals surface area contributed by atoms with Crippen LogP contribution in [-0.2, 0) is 6.54 Å². The van der Waals surface area contributed by atoms with E-state index in [1.54, 1.807) is 12.5 Å². The highest BCUT2D eigenvalue weighted by Crippen LogP contribution is 1.95. The lowest BCUT2D eigenvalue weighted by Crippen LogP contribution is -2.23. The summed E-state index contributed by atoms with van der Waals surface area (Å²) in [7, 11) is 0. The van der Waals surface area contributed by atoms with Gasteiger partial charge >= 0.3 is 0 Å². The molecule has 7 heteroatoms. The van der Waals surface area contributed by atoms with Crippen molar-refractivity contribution in [3.63, 3.8) is 0 Å². The molecule has 0 radical (unpaired) electrons. The van der Waals surface area contributed by atoms with Gasteiger partial charge in [0.15, 0.2) is 0 Å². The van der Waals surface area contributed by atoms with Crippen LogP contribution in [0.1, 0.15) is 52.4 Å². The van der Waals surface area contributed by atoms with Gasteiger partial charge in [-0.05, 0) is 25.8 Å². The summed E-state index contributed by atoms with van der Waals surface area (Å²) in [6.07, 6.45) is 11.8. The molecule has 144 valence electrons. The Balaban J connectivity index is 0. The molecule has 0 aromatic carbocycles. The molecule has 0 spiro atoms. The minimum atomic E-state index is 0.00463. The van der Waals surface area contributed by atoms with Crippen LogP contribution in [0.5, 0.6) is 0 Å². The first-order valence-electron chi connectivity index (χ1n) is 8.94. The maximum atomic E-state index is 8.44. The van der Waals surface area contributed by atoms with E-state index in [0.717, 1.165) is 51.6 Å². The molecule has 0 fully saturated rings. The maximum Gasteiger partial charge on any atom is 0.0945 e. The number of aliphatic hydroxyl groups excluding tert-OH is 2. The number of nitrogens with zero attached hydrogens (tertiary/aromatic N) is 2. The van der Waals surface area contributed by atoms with Crippen LogP contribution >= 0.6 is 0 Å². The Hall–Kier alpha value is -0.990. The van der Waals surface area contributed by atoms with Crippen molar-refractivity contribution >= 4 is 0 Å². The largest absolute Gasteiger partial charge is 0.395 e. The summed E-state index contributed by atoms with van der Waals surface area (Å²) in [5, 5.41) is 16.8. The first kappa shape index (κ1) is 25.3. The molecule has 1 aromatic heterocycles. The van der Waals surface area contributed by atoms with E-state index in [1.165, 1.54) is 0 Å². The second-order valence-electron chi connectivity index (χ2n) is 5.76. The van der Waals surface area contributed by atoms with Crippen LogP contribution in [0.2, 0.25) is 0 Å². The van der Waals surface area contributed by atoms with Crippen molar-refractivity contribution in [2.75, 3.05) is 19.8 Å². The van der Waals surface area contributed by atoms with E-state index < -0.39 is 0 Å². The molecule has 1 aromatic rings. The number of hydrogen-bond acceptors (Lipinski definition) is 6. The molecular weight excluding hydrogens is 306 g/mol. The van der Waals surface area contributed by atoms with Crippen molar-refractivity contribution in [3.8, 4) is 0 Å². The predicted octanol–water partition coefficient (Wildman–Crippen LogP) is 0.834. The van der Waals surface area contributed by atoms with Crippen LogP contribution < -0.4 is 17.2 Å². The standard InChI is InChI=1S/C6H11N3.C6H15NO.C5H13NO/c7-2-1-4-9-5-3-8-6-9;1-2-3-4-6(7)5-8;1-2-3-5(6)4-7/h3,5-6H,1-2,4,7H2;6,8H,2-5,7H2,1H3;5,7H,2-4,6H2,1H3. The Bertz CT molecular complexity index is 323. The molecule has 0 bridgehead atoms. The van der Waals surface area contributed by atoms with E-state index in [2.05, 4.69) is 18.8 Å². The topological polar surface area (TPSA) is 136 Å². The molecule has 24 heavy (non-hydrogen) atoms. The van der Waals surface area contributed by atoms with E-state index in [4.69, 9.17) is 27.4 Å². The summed E-state index contributed by atoms with van der Waals surface area (Å²) in [4.78, 5) is 3.90. The Kier molecular flexibility index (Phi) is 21.1. The molecule has 0 saturated carbocycles. The highest BCUT2D eigenvalue weighted by Gasteiger charge is 1.96. The molecule has 0 aliphatic rings. The van der Waals surface area contributed by atoms with Crippen LogP contribution in [-0.4, -0.2) is 51.6 Å². The third-order valence-corrected chi connectivity index (χ3v) is 3.24. The molecule has 0 aliphatic heterocycles. The summed E-state index contributed by atoms with van der Waals surface area (Å²) >= 11 is 0. The zero-order chi connectivity index (χ0) is 18.6. The van der Waals surface area contributed by atoms with Gasteiger partial charge in [-0.3, -0.25) is 0 Å². The molecule has 2 unspecified atom stereocenters. The lowest BCUT2D eigenvalue weighted by atomic mass is 10.1. The first-order valence-corrected chi connectivity index (χ1v) is 8.94. The summed E-state index contributed by atoms with van der Waals surface area (Å²) in [6.45, 7) is 6.14. The van der Waals surface area contributed by atoms with Crippen molar-refractivity contribution in [1.82, 2.24) is 9.55 Å². The van der Waals surface area contributed by atoms with Crippen molar-refractivity contribution in [2.45, 2.75) is 71.0 Å². The van der Waals surface area contributed by atoms with Gasteiger partial charge in [-0.1, -0.05) is 33.1 Å². The average molecular weight is 346 g/mol. The van der Waals surface area contributed by atoms with Crippen molar-refractivity contribution < 1.29 is 10.2 Å². The minimum absolute atomic E-state index is 0.00463. The second kappa shape index (κ2) is 20.1. The Labute approximate surface area is 147 Å². The lowest BCUT2D eigenvalue weighted by Gasteiger charge is -2.04. The van der Waals surface area contributed by atoms with Gasteiger partial charge in [0.1, 0.15) is 0 Å². The molecule has 0 aliphatic carbocycles. The van der Waals surface area contributed by atoms with Gasteiger partial charge in [0.05, 0.1) is 19.5 Å². The molecule has 0 amide bonds. The van der Waals surface area contributed by atoms with Gasteiger partial charge in [0.25, 0.3) is 0 Å². The SMILES string of the molecule is CCCC(N)CO.CCCCC(N)CO.NCCCn1ccnc1. The summed E-state index contributed by atoms with van der Waals surface area (Å²) in [5.74, 6) is 0. The monoisotopic (exact) mass is 345 g/mol. The Morgan fingerprint density at radius 3 is 2.00 bits per heavy atom. The third-order valence-electron chi connectivity index (χ3n) is 3.24. The fraction of sp³-hybridized carbons (Fsp3) is 0.824. The summed E-state index contributed by atoms with van der Waals surface area (Å²) in [5.41, 5.74) is 16.1. The van der Waals surface area contributed by atoms with Crippen molar-refractivity contribution in [2.24, 2.45) is 17.2 Å². The van der Waals surface area contributed by atoms with Gasteiger partial charge in [-0.25, -0.2) is 4.98 Å². The summed E-state index contributed by atoms with van der Waals surface area (Å²) in [6, 6.07) is 0.0138. The van der Waals surface area contributed by atoms with Crippen LogP contribution in [0.15, 0.2) is 18.7 Å². The van der Waals surface area contributed by atoms with Crippen LogP contribution in [0, 0.1) is 0 Å². The summed E-state index contributed by atoms with van der Waals surface area (Å²) < 4.78 is 2.02. The highest BCUT2D eigenvalue weighted by molar-refractivity contribution is 4.73. The Morgan fingerprint density at radius 1 is 1.00 bits per heavy atom. The smallest absolute Gasteiger partial charge is 0.0945 e. The van der Waals surface area contributed by atoms with Gasteiger partial charge in [0, 0.05) is 31.0 Å². The maximum absolute atomic E-state index is 8.44. The van der Waals surface area contributed by atoms with E-state index in [0.29, 0.717) is 0 Å². The minimum Gasteiger partial charge on any atom is -0.395 e. The lowest BCUT2D eigenvalue weighted by molar-refractivity contribution is 0.258. The number of nitrogens with two attached hydrogens (primary N) is 3. The predicted molar refractivity (Wildman–Crippen MR) is 100 cm³/mol. The first-order chi connectivity index (χ1) is 11.5. The molecule has 2 atom stereocenters. The van der Waals surface area contributed by atoms with E-state index in [-0.39, 0.29) is 25.3 Å². The van der Waals surface area contributed by atoms with Crippen LogP contribution in [0.3, 0.4) is 0 Å². The number of aliphatic hydroxyl groups is 2. The molecular formula is C17H39N5O2. The van der Waals surface area contributed by atoms with Crippen LogP contribution in [0.25, 0.3) is 0 Å². The Morgan fingerprint density at radius 2 is 1.62 bits per heavy atom. The quantitative estimate of drug-likeness (QED) is 0.426. The van der Waals surface area contributed by atoms with Gasteiger partial charge < -0.3 is 32.0 Å². The zero-order valence-corrected chi connectivity index (χ0v) is 15.5. The fourth-order valence-electron chi connectivity index (χ4n) is 1.71. The third kappa shape index (κ3) is 19.1. The number of aryl methyl sites for hydroxylation is 1. The van der Waals surface area contributed by atoms with Gasteiger partial charge in [0.2, 0.25) is 0 Å². The van der Waals surface area contributed by atoms with E-state index in [1.807, 2.05) is 10.8 Å².